The number of hydrogen-bond donors (Lipinski definition) is 1. The van der Waals surface area contributed by atoms with Crippen molar-refractivity contribution in [3.05, 3.63) is 83.3 Å². The van der Waals surface area contributed by atoms with E-state index in [0.29, 0.717) is 12.2 Å². The van der Waals surface area contributed by atoms with Gasteiger partial charge in [-0.3, -0.25) is 9.78 Å². The molecule has 0 bridgehead atoms. The fourth-order valence-corrected chi connectivity index (χ4v) is 2.95. The third kappa shape index (κ3) is 2.95. The van der Waals surface area contributed by atoms with Crippen LogP contribution in [0, 0.1) is 0 Å². The molecule has 0 radical (unpaired) electrons. The van der Waals surface area contributed by atoms with Crippen LogP contribution in [0.2, 0.25) is 0 Å². The van der Waals surface area contributed by atoms with Gasteiger partial charge in [0.2, 0.25) is 0 Å². The van der Waals surface area contributed by atoms with Gasteiger partial charge in [0.15, 0.2) is 0 Å². The molecule has 4 rings (SSSR count). The van der Waals surface area contributed by atoms with Crippen LogP contribution in [-0.4, -0.2) is 14.8 Å². The first kappa shape index (κ1) is 16.0. The molecule has 0 amide bonds. The fourth-order valence-electron chi connectivity index (χ4n) is 2.95. The van der Waals surface area contributed by atoms with E-state index in [0.717, 1.165) is 27.8 Å². The average Bonchev–Trinajstić information content (AvgIpc) is 2.70. The first-order valence-electron chi connectivity index (χ1n) is 8.54. The molecule has 2 heterocycles. The maximum Gasteiger partial charge on any atom is 0.290 e. The van der Waals surface area contributed by atoms with E-state index in [1.54, 1.807) is 12.3 Å². The number of nitrogens with zero attached hydrogens (tertiary/aromatic N) is 3. The molecule has 26 heavy (non-hydrogen) atoms. The van der Waals surface area contributed by atoms with Gasteiger partial charge in [-0.1, -0.05) is 36.4 Å². The summed E-state index contributed by atoms with van der Waals surface area (Å²) in [7, 11) is 0. The maximum absolute atomic E-state index is 12.7. The van der Waals surface area contributed by atoms with Crippen LogP contribution >= 0.6 is 0 Å². The Morgan fingerprint density at radius 3 is 2.62 bits per heavy atom. The van der Waals surface area contributed by atoms with E-state index in [2.05, 4.69) is 15.4 Å². The highest BCUT2D eigenvalue weighted by molar-refractivity contribution is 5.93. The van der Waals surface area contributed by atoms with Crippen molar-refractivity contribution < 1.29 is 0 Å². The molecule has 1 N–H and O–H groups in total. The summed E-state index contributed by atoms with van der Waals surface area (Å²) in [4.78, 5) is 17.1. The Labute approximate surface area is 151 Å². The molecule has 0 aliphatic carbocycles. The maximum atomic E-state index is 12.7. The predicted molar refractivity (Wildman–Crippen MR) is 105 cm³/mol. The Bertz CT molecular complexity index is 1110. The Kier molecular flexibility index (Phi) is 4.19. The van der Waals surface area contributed by atoms with Crippen molar-refractivity contribution in [1.82, 2.24) is 14.8 Å². The minimum absolute atomic E-state index is 0.145. The lowest BCUT2D eigenvalue weighted by molar-refractivity contribution is 0.621. The van der Waals surface area contributed by atoms with Crippen molar-refractivity contribution in [1.29, 1.82) is 0 Å². The van der Waals surface area contributed by atoms with E-state index in [4.69, 9.17) is 0 Å². The molecule has 2 aromatic carbocycles. The minimum atomic E-state index is -0.145. The van der Waals surface area contributed by atoms with Gasteiger partial charge in [-0.05, 0) is 37.3 Å². The second kappa shape index (κ2) is 6.80. The van der Waals surface area contributed by atoms with Gasteiger partial charge in [0.25, 0.3) is 5.56 Å². The first-order valence-corrected chi connectivity index (χ1v) is 8.54. The summed E-state index contributed by atoms with van der Waals surface area (Å²) in [5.41, 5.74) is 3.81. The third-order valence-corrected chi connectivity index (χ3v) is 4.26. The van der Waals surface area contributed by atoms with Crippen LogP contribution in [0.4, 0.5) is 11.4 Å². The zero-order valence-corrected chi connectivity index (χ0v) is 14.4. The zero-order valence-electron chi connectivity index (χ0n) is 14.4. The van der Waals surface area contributed by atoms with Crippen LogP contribution < -0.4 is 10.9 Å². The molecule has 0 unspecified atom stereocenters. The number of fused-ring (bicyclic) bond motifs is 1. The van der Waals surface area contributed by atoms with E-state index in [-0.39, 0.29) is 5.56 Å². The van der Waals surface area contributed by atoms with Crippen molar-refractivity contribution in [3.63, 3.8) is 0 Å². The summed E-state index contributed by atoms with van der Waals surface area (Å²) in [5, 5.41) is 8.73. The van der Waals surface area contributed by atoms with Crippen molar-refractivity contribution in [2.75, 3.05) is 5.32 Å². The lowest BCUT2D eigenvalue weighted by Crippen LogP contribution is -2.24. The van der Waals surface area contributed by atoms with Crippen LogP contribution in [0.5, 0.6) is 0 Å². The van der Waals surface area contributed by atoms with E-state index in [9.17, 15) is 4.79 Å². The summed E-state index contributed by atoms with van der Waals surface area (Å²) in [6.45, 7) is 2.42. The first-order chi connectivity index (χ1) is 12.8. The van der Waals surface area contributed by atoms with Gasteiger partial charge < -0.3 is 5.32 Å². The number of benzene rings is 2. The van der Waals surface area contributed by atoms with Crippen molar-refractivity contribution in [2.45, 2.75) is 13.5 Å². The van der Waals surface area contributed by atoms with Crippen LogP contribution in [0.1, 0.15) is 6.92 Å². The second-order valence-electron chi connectivity index (χ2n) is 5.93. The standard InChI is InChI=1S/C21H18N4O/c1-2-25-21(26)20(14-19(24-25)15-8-4-3-5-9-15)23-18-12-6-11-17-16(18)10-7-13-22-17/h3-14,23H,2H2,1H3. The number of aryl methyl sites for hydroxylation is 1. The summed E-state index contributed by atoms with van der Waals surface area (Å²) in [6.07, 6.45) is 1.76. The van der Waals surface area contributed by atoms with Crippen LogP contribution in [0.15, 0.2) is 77.7 Å². The molecule has 0 saturated heterocycles. The quantitative estimate of drug-likeness (QED) is 0.603. The molecular formula is C21H18N4O. The Hall–Kier alpha value is -3.47. The van der Waals surface area contributed by atoms with E-state index >= 15 is 0 Å². The molecule has 0 atom stereocenters. The van der Waals surface area contributed by atoms with Crippen LogP contribution in [0.25, 0.3) is 22.2 Å². The highest BCUT2D eigenvalue weighted by Crippen LogP contribution is 2.25. The molecule has 0 fully saturated rings. The average molecular weight is 342 g/mol. The van der Waals surface area contributed by atoms with E-state index in [1.807, 2.05) is 67.6 Å². The predicted octanol–water partition coefficient (Wildman–Crippen LogP) is 4.22. The Morgan fingerprint density at radius 2 is 1.81 bits per heavy atom. The fraction of sp³-hybridized carbons (Fsp3) is 0.0952. The number of aromatic nitrogens is 3. The highest BCUT2D eigenvalue weighted by Gasteiger charge is 2.11. The molecule has 0 saturated carbocycles. The monoisotopic (exact) mass is 342 g/mol. The summed E-state index contributed by atoms with van der Waals surface area (Å²) < 4.78 is 1.48. The Balaban J connectivity index is 1.84. The van der Waals surface area contributed by atoms with Gasteiger partial charge in [0.05, 0.1) is 11.2 Å². The molecule has 5 heteroatoms. The zero-order chi connectivity index (χ0) is 17.9. The van der Waals surface area contributed by atoms with Gasteiger partial charge >= 0.3 is 0 Å². The molecule has 0 spiro atoms. The second-order valence-corrected chi connectivity index (χ2v) is 5.93. The third-order valence-electron chi connectivity index (χ3n) is 4.26. The Morgan fingerprint density at radius 1 is 0.962 bits per heavy atom. The molecule has 2 aromatic heterocycles. The summed E-state index contributed by atoms with van der Waals surface area (Å²) in [5.74, 6) is 0. The van der Waals surface area contributed by atoms with Crippen molar-refractivity contribution in [3.8, 4) is 11.3 Å². The van der Waals surface area contributed by atoms with Crippen molar-refractivity contribution >= 4 is 22.3 Å². The molecule has 0 aliphatic rings. The SMILES string of the molecule is CCn1nc(-c2ccccc2)cc(Nc2cccc3ncccc23)c1=O. The molecule has 0 aliphatic heterocycles. The summed E-state index contributed by atoms with van der Waals surface area (Å²) in [6, 6.07) is 21.4. The largest absolute Gasteiger partial charge is 0.350 e. The van der Waals surface area contributed by atoms with Gasteiger partial charge in [0.1, 0.15) is 5.69 Å². The number of pyridine rings is 1. The molecule has 5 nitrogen and oxygen atoms in total. The number of rotatable bonds is 4. The smallest absolute Gasteiger partial charge is 0.290 e. The lowest BCUT2D eigenvalue weighted by Gasteiger charge is -2.12. The topological polar surface area (TPSA) is 59.8 Å². The normalized spacial score (nSPS) is 10.8. The number of nitrogens with one attached hydrogen (secondary N) is 1. The molecular weight excluding hydrogens is 324 g/mol. The van der Waals surface area contributed by atoms with E-state index in [1.165, 1.54) is 4.68 Å². The van der Waals surface area contributed by atoms with Crippen LogP contribution in [0.3, 0.4) is 0 Å². The van der Waals surface area contributed by atoms with Crippen molar-refractivity contribution in [2.24, 2.45) is 0 Å². The summed E-state index contributed by atoms with van der Waals surface area (Å²) >= 11 is 0. The highest BCUT2D eigenvalue weighted by atomic mass is 16.1. The number of hydrogen-bond acceptors (Lipinski definition) is 4. The van der Waals surface area contributed by atoms with Gasteiger partial charge in [0, 0.05) is 29.4 Å². The minimum Gasteiger partial charge on any atom is -0.350 e. The molecule has 128 valence electrons. The number of anilines is 2. The van der Waals surface area contributed by atoms with E-state index < -0.39 is 0 Å². The lowest BCUT2D eigenvalue weighted by atomic mass is 10.1. The molecule has 4 aromatic rings. The van der Waals surface area contributed by atoms with Gasteiger partial charge in [-0.15, -0.1) is 0 Å². The van der Waals surface area contributed by atoms with Gasteiger partial charge in [-0.25, -0.2) is 4.68 Å². The van der Waals surface area contributed by atoms with Crippen LogP contribution in [-0.2, 0) is 6.54 Å². The van der Waals surface area contributed by atoms with Gasteiger partial charge in [-0.2, -0.15) is 5.10 Å².